The van der Waals surface area contributed by atoms with Gasteiger partial charge in [-0.2, -0.15) is 0 Å². The number of ether oxygens (including phenoxy) is 1. The Hall–Kier alpha value is -1.62. The summed E-state index contributed by atoms with van der Waals surface area (Å²) in [5.74, 6) is 0.716. The molecule has 1 fully saturated rings. The maximum Gasteiger partial charge on any atom is 0.237 e. The van der Waals surface area contributed by atoms with Crippen molar-refractivity contribution in [2.24, 2.45) is 5.92 Å². The smallest absolute Gasteiger partial charge is 0.237 e. The lowest BCUT2D eigenvalue weighted by atomic mass is 10.1. The average Bonchev–Trinajstić information content (AvgIpc) is 2.35. The van der Waals surface area contributed by atoms with Crippen molar-refractivity contribution in [2.45, 2.75) is 6.92 Å². The molecule has 2 rings (SSSR count). The van der Waals surface area contributed by atoms with Crippen LogP contribution >= 0.6 is 12.2 Å². The molecule has 90 valence electrons. The van der Waals surface area contributed by atoms with Gasteiger partial charge in [-0.25, -0.2) is 0 Å². The molecule has 0 aliphatic carbocycles. The van der Waals surface area contributed by atoms with E-state index >= 15 is 0 Å². The molecule has 0 radical (unpaired) electrons. The fourth-order valence-electron chi connectivity index (χ4n) is 1.70. The molecule has 1 N–H and O–H groups in total. The summed E-state index contributed by atoms with van der Waals surface area (Å²) in [6.07, 6.45) is 0. The second kappa shape index (κ2) is 4.71. The van der Waals surface area contributed by atoms with Gasteiger partial charge in [-0.05, 0) is 36.5 Å². The SMILES string of the molecule is COc1ccc(N2C(=O)C(C)CNC2=S)cc1. The zero-order valence-corrected chi connectivity index (χ0v) is 10.6. The molecule has 0 saturated carbocycles. The van der Waals surface area contributed by atoms with Crippen molar-refractivity contribution in [2.75, 3.05) is 18.6 Å². The third kappa shape index (κ3) is 2.24. The van der Waals surface area contributed by atoms with Crippen molar-refractivity contribution in [1.82, 2.24) is 5.32 Å². The fraction of sp³-hybridized carbons (Fsp3) is 0.333. The van der Waals surface area contributed by atoms with Gasteiger partial charge in [-0.15, -0.1) is 0 Å². The molecular formula is C12H14N2O2S. The molecule has 1 atom stereocenters. The minimum atomic E-state index is -0.0659. The second-order valence-corrected chi connectivity index (χ2v) is 4.35. The summed E-state index contributed by atoms with van der Waals surface area (Å²) in [6, 6.07) is 7.26. The summed E-state index contributed by atoms with van der Waals surface area (Å²) in [5, 5.41) is 3.50. The van der Waals surface area contributed by atoms with Gasteiger partial charge in [0.25, 0.3) is 0 Å². The number of carbonyl (C=O) groups is 1. The Bertz CT molecular complexity index is 444. The van der Waals surface area contributed by atoms with Crippen LogP contribution in [0.15, 0.2) is 24.3 Å². The Labute approximate surface area is 106 Å². The maximum atomic E-state index is 12.1. The number of amides is 1. The molecule has 17 heavy (non-hydrogen) atoms. The lowest BCUT2D eigenvalue weighted by Crippen LogP contribution is -2.54. The van der Waals surface area contributed by atoms with Crippen LogP contribution in [0.25, 0.3) is 0 Å². The van der Waals surface area contributed by atoms with Crippen molar-refractivity contribution in [3.8, 4) is 5.75 Å². The molecule has 1 aliphatic rings. The predicted octanol–water partition coefficient (Wildman–Crippen LogP) is 1.55. The Morgan fingerprint density at radius 3 is 2.65 bits per heavy atom. The van der Waals surface area contributed by atoms with E-state index in [1.165, 1.54) is 4.90 Å². The molecule has 0 bridgehead atoms. The third-order valence-corrected chi connectivity index (χ3v) is 3.06. The molecule has 1 amide bonds. The number of thiocarbonyl (C=S) groups is 1. The molecule has 1 aromatic rings. The quantitative estimate of drug-likeness (QED) is 0.809. The first-order chi connectivity index (χ1) is 8.13. The molecule has 1 unspecified atom stereocenters. The third-order valence-electron chi connectivity index (χ3n) is 2.74. The minimum Gasteiger partial charge on any atom is -0.497 e. The molecule has 0 aromatic heterocycles. The normalized spacial score (nSPS) is 20.1. The van der Waals surface area contributed by atoms with Crippen molar-refractivity contribution in [3.05, 3.63) is 24.3 Å². The Morgan fingerprint density at radius 2 is 2.06 bits per heavy atom. The molecule has 1 heterocycles. The van der Waals surface area contributed by atoms with Gasteiger partial charge in [0.1, 0.15) is 5.75 Å². The molecule has 0 spiro atoms. The Balaban J connectivity index is 2.29. The van der Waals surface area contributed by atoms with Gasteiger partial charge in [0.15, 0.2) is 5.11 Å². The highest BCUT2D eigenvalue weighted by molar-refractivity contribution is 7.80. The summed E-state index contributed by atoms with van der Waals surface area (Å²) in [4.78, 5) is 13.6. The van der Waals surface area contributed by atoms with E-state index in [9.17, 15) is 4.79 Å². The van der Waals surface area contributed by atoms with Crippen LogP contribution in [-0.2, 0) is 4.79 Å². The summed E-state index contributed by atoms with van der Waals surface area (Å²) in [7, 11) is 1.61. The Kier molecular flexibility index (Phi) is 3.28. The van der Waals surface area contributed by atoms with Crippen molar-refractivity contribution < 1.29 is 9.53 Å². The van der Waals surface area contributed by atoms with Crippen LogP contribution in [0, 0.1) is 5.92 Å². The molecule has 1 saturated heterocycles. The number of nitrogens with zero attached hydrogens (tertiary/aromatic N) is 1. The fourth-order valence-corrected chi connectivity index (χ4v) is 1.98. The van der Waals surface area contributed by atoms with Gasteiger partial charge < -0.3 is 10.1 Å². The van der Waals surface area contributed by atoms with Gasteiger partial charge in [-0.1, -0.05) is 6.92 Å². The first-order valence-electron chi connectivity index (χ1n) is 5.39. The van der Waals surface area contributed by atoms with Gasteiger partial charge in [-0.3, -0.25) is 9.69 Å². The molecule has 4 nitrogen and oxygen atoms in total. The van der Waals surface area contributed by atoms with Gasteiger partial charge in [0.05, 0.1) is 18.7 Å². The summed E-state index contributed by atoms with van der Waals surface area (Å²) >= 11 is 5.16. The van der Waals surface area contributed by atoms with E-state index in [0.717, 1.165) is 11.4 Å². The largest absolute Gasteiger partial charge is 0.497 e. The minimum absolute atomic E-state index is 0.0268. The monoisotopic (exact) mass is 250 g/mol. The van der Waals surface area contributed by atoms with Gasteiger partial charge in [0, 0.05) is 6.54 Å². The Morgan fingerprint density at radius 1 is 1.41 bits per heavy atom. The summed E-state index contributed by atoms with van der Waals surface area (Å²) in [6.45, 7) is 2.48. The number of nitrogens with one attached hydrogen (secondary N) is 1. The summed E-state index contributed by atoms with van der Waals surface area (Å²) in [5.41, 5.74) is 0.764. The number of hydrogen-bond acceptors (Lipinski definition) is 3. The van der Waals surface area contributed by atoms with E-state index in [4.69, 9.17) is 17.0 Å². The second-order valence-electron chi connectivity index (χ2n) is 3.96. The van der Waals surface area contributed by atoms with Crippen LogP contribution in [0.1, 0.15) is 6.92 Å². The van der Waals surface area contributed by atoms with E-state index in [1.54, 1.807) is 7.11 Å². The number of benzene rings is 1. The van der Waals surface area contributed by atoms with Crippen LogP contribution in [0.4, 0.5) is 5.69 Å². The van der Waals surface area contributed by atoms with E-state index in [-0.39, 0.29) is 11.8 Å². The number of anilines is 1. The van der Waals surface area contributed by atoms with E-state index in [2.05, 4.69) is 5.32 Å². The highest BCUT2D eigenvalue weighted by atomic mass is 32.1. The van der Waals surface area contributed by atoms with Gasteiger partial charge in [0.2, 0.25) is 5.91 Å². The van der Waals surface area contributed by atoms with Crippen LogP contribution in [0.5, 0.6) is 5.75 Å². The average molecular weight is 250 g/mol. The van der Waals surface area contributed by atoms with E-state index in [1.807, 2.05) is 31.2 Å². The number of hydrogen-bond donors (Lipinski definition) is 1. The van der Waals surface area contributed by atoms with Crippen LogP contribution in [0.3, 0.4) is 0 Å². The first kappa shape index (κ1) is 11.9. The predicted molar refractivity (Wildman–Crippen MR) is 70.2 cm³/mol. The number of methoxy groups -OCH3 is 1. The topological polar surface area (TPSA) is 41.6 Å². The van der Waals surface area contributed by atoms with Crippen LogP contribution in [0.2, 0.25) is 0 Å². The zero-order valence-electron chi connectivity index (χ0n) is 9.77. The van der Waals surface area contributed by atoms with Crippen molar-refractivity contribution in [3.63, 3.8) is 0 Å². The molecule has 1 aliphatic heterocycles. The van der Waals surface area contributed by atoms with Crippen molar-refractivity contribution in [1.29, 1.82) is 0 Å². The molecular weight excluding hydrogens is 236 g/mol. The standard InChI is InChI=1S/C12H14N2O2S/c1-8-7-13-12(17)14(11(8)15)9-3-5-10(16-2)6-4-9/h3-6,8H,7H2,1-2H3,(H,13,17). The number of rotatable bonds is 2. The first-order valence-corrected chi connectivity index (χ1v) is 5.80. The van der Waals surface area contributed by atoms with E-state index < -0.39 is 0 Å². The zero-order chi connectivity index (χ0) is 12.4. The molecule has 5 heteroatoms. The number of carbonyl (C=O) groups excluding carboxylic acids is 1. The van der Waals surface area contributed by atoms with Crippen LogP contribution in [-0.4, -0.2) is 24.7 Å². The van der Waals surface area contributed by atoms with Crippen LogP contribution < -0.4 is 15.0 Å². The maximum absolute atomic E-state index is 12.1. The lowest BCUT2D eigenvalue weighted by molar-refractivity contribution is -0.121. The van der Waals surface area contributed by atoms with E-state index in [0.29, 0.717) is 11.7 Å². The summed E-state index contributed by atoms with van der Waals surface area (Å²) < 4.78 is 5.08. The van der Waals surface area contributed by atoms with Gasteiger partial charge >= 0.3 is 0 Å². The molecule has 1 aromatic carbocycles. The highest BCUT2D eigenvalue weighted by Gasteiger charge is 2.29. The lowest BCUT2D eigenvalue weighted by Gasteiger charge is -2.32. The highest BCUT2D eigenvalue weighted by Crippen LogP contribution is 2.22. The van der Waals surface area contributed by atoms with Crippen molar-refractivity contribution >= 4 is 28.9 Å².